The van der Waals surface area contributed by atoms with Crippen molar-refractivity contribution in [2.75, 3.05) is 39.3 Å². The zero-order valence-electron chi connectivity index (χ0n) is 17.6. The van der Waals surface area contributed by atoms with E-state index in [1.165, 1.54) is 31.2 Å². The van der Waals surface area contributed by atoms with Gasteiger partial charge in [0.05, 0.1) is 6.54 Å². The fourth-order valence-corrected chi connectivity index (χ4v) is 3.92. The Bertz CT molecular complexity index is 568. The first-order valence-corrected chi connectivity index (χ1v) is 10.8. The summed E-state index contributed by atoms with van der Waals surface area (Å²) < 4.78 is 0. The standard InChI is InChI=1S/C22H37N5.HI/c1-3-23-22(24-14-17-27(4-2)21-10-11-21)25-20-12-15-26(16-13-20)18-19-8-6-5-7-9-19;/h5-9,20-21H,3-4,10-18H2,1-2H3,(H2,23,24,25);1H. The maximum atomic E-state index is 4.83. The third kappa shape index (κ3) is 7.87. The van der Waals surface area contributed by atoms with Crippen LogP contribution in [0.5, 0.6) is 0 Å². The molecule has 1 heterocycles. The maximum absolute atomic E-state index is 4.83. The number of guanidine groups is 1. The van der Waals surface area contributed by atoms with Gasteiger partial charge in [-0.1, -0.05) is 37.3 Å². The predicted molar refractivity (Wildman–Crippen MR) is 130 cm³/mol. The van der Waals surface area contributed by atoms with Crippen molar-refractivity contribution in [3.63, 3.8) is 0 Å². The zero-order chi connectivity index (χ0) is 18.9. The number of piperidine rings is 1. The molecule has 3 rings (SSSR count). The van der Waals surface area contributed by atoms with Crippen molar-refractivity contribution in [3.05, 3.63) is 35.9 Å². The Balaban J connectivity index is 0.00000280. The van der Waals surface area contributed by atoms with E-state index < -0.39 is 0 Å². The van der Waals surface area contributed by atoms with E-state index in [4.69, 9.17) is 4.99 Å². The smallest absolute Gasteiger partial charge is 0.191 e. The summed E-state index contributed by atoms with van der Waals surface area (Å²) in [5.74, 6) is 0.992. The van der Waals surface area contributed by atoms with Crippen LogP contribution in [0, 0.1) is 0 Å². The van der Waals surface area contributed by atoms with E-state index in [-0.39, 0.29) is 24.0 Å². The first kappa shape index (κ1) is 23.4. The van der Waals surface area contributed by atoms with E-state index in [1.807, 2.05) is 0 Å². The minimum atomic E-state index is 0. The average molecular weight is 499 g/mol. The van der Waals surface area contributed by atoms with Crippen molar-refractivity contribution >= 4 is 29.9 Å². The molecule has 2 aliphatic rings. The van der Waals surface area contributed by atoms with Crippen molar-refractivity contribution in [2.45, 2.75) is 58.2 Å². The van der Waals surface area contributed by atoms with Gasteiger partial charge in [0.25, 0.3) is 0 Å². The number of aliphatic imine (C=N–C) groups is 1. The summed E-state index contributed by atoms with van der Waals surface area (Å²) in [4.78, 5) is 9.96. The molecular formula is C22H38IN5. The minimum Gasteiger partial charge on any atom is -0.357 e. The maximum Gasteiger partial charge on any atom is 0.191 e. The van der Waals surface area contributed by atoms with Crippen LogP contribution in [0.2, 0.25) is 0 Å². The molecule has 6 heteroatoms. The molecule has 1 saturated heterocycles. The second kappa shape index (κ2) is 12.6. The van der Waals surface area contributed by atoms with E-state index in [2.05, 4.69) is 64.6 Å². The number of rotatable bonds is 9. The van der Waals surface area contributed by atoms with Crippen LogP contribution < -0.4 is 10.6 Å². The molecule has 0 unspecified atom stereocenters. The first-order valence-electron chi connectivity index (χ1n) is 10.8. The van der Waals surface area contributed by atoms with Gasteiger partial charge >= 0.3 is 0 Å². The third-order valence-corrected chi connectivity index (χ3v) is 5.65. The molecule has 2 fully saturated rings. The number of nitrogens with one attached hydrogen (secondary N) is 2. The fourth-order valence-electron chi connectivity index (χ4n) is 3.92. The van der Waals surface area contributed by atoms with Gasteiger partial charge in [-0.2, -0.15) is 0 Å². The van der Waals surface area contributed by atoms with Crippen LogP contribution in [0.15, 0.2) is 35.3 Å². The van der Waals surface area contributed by atoms with Crippen molar-refractivity contribution in [2.24, 2.45) is 4.99 Å². The summed E-state index contributed by atoms with van der Waals surface area (Å²) in [7, 11) is 0. The topological polar surface area (TPSA) is 42.9 Å². The highest BCUT2D eigenvalue weighted by Crippen LogP contribution is 2.25. The summed E-state index contributed by atoms with van der Waals surface area (Å²) in [6.07, 6.45) is 5.11. The molecule has 0 aromatic heterocycles. The highest BCUT2D eigenvalue weighted by Gasteiger charge is 2.27. The lowest BCUT2D eigenvalue weighted by atomic mass is 10.0. The molecule has 0 spiro atoms. The monoisotopic (exact) mass is 499 g/mol. The second-order valence-corrected chi connectivity index (χ2v) is 7.80. The summed E-state index contributed by atoms with van der Waals surface area (Å²) in [6, 6.07) is 12.2. The molecule has 1 aliphatic carbocycles. The zero-order valence-corrected chi connectivity index (χ0v) is 19.9. The Hall–Kier alpha value is -0.860. The molecule has 1 aliphatic heterocycles. The van der Waals surface area contributed by atoms with Crippen LogP contribution in [0.1, 0.15) is 45.1 Å². The van der Waals surface area contributed by atoms with Crippen LogP contribution >= 0.6 is 24.0 Å². The lowest BCUT2D eigenvalue weighted by Gasteiger charge is -2.33. The SMILES string of the molecule is CCNC(=NCCN(CC)C1CC1)NC1CCN(Cc2ccccc2)CC1.I. The van der Waals surface area contributed by atoms with Gasteiger partial charge in [0.2, 0.25) is 0 Å². The summed E-state index contributed by atoms with van der Waals surface area (Å²) in [6.45, 7) is 11.8. The first-order chi connectivity index (χ1) is 13.3. The van der Waals surface area contributed by atoms with Gasteiger partial charge in [0.15, 0.2) is 5.96 Å². The summed E-state index contributed by atoms with van der Waals surface area (Å²) in [5, 5.41) is 7.10. The number of nitrogens with zero attached hydrogens (tertiary/aromatic N) is 3. The van der Waals surface area contributed by atoms with E-state index in [9.17, 15) is 0 Å². The van der Waals surface area contributed by atoms with Gasteiger partial charge in [0.1, 0.15) is 0 Å². The number of likely N-dealkylation sites (tertiary alicyclic amines) is 1. The molecule has 0 radical (unpaired) electrons. The van der Waals surface area contributed by atoms with Crippen LogP contribution in [-0.4, -0.2) is 67.1 Å². The lowest BCUT2D eigenvalue weighted by molar-refractivity contribution is 0.198. The van der Waals surface area contributed by atoms with Gasteiger partial charge < -0.3 is 10.6 Å². The molecular weight excluding hydrogens is 461 g/mol. The molecule has 5 nitrogen and oxygen atoms in total. The van der Waals surface area contributed by atoms with Crippen LogP contribution in [0.25, 0.3) is 0 Å². The van der Waals surface area contributed by atoms with Gasteiger partial charge in [-0.3, -0.25) is 14.8 Å². The molecule has 2 N–H and O–H groups in total. The minimum absolute atomic E-state index is 0. The van der Waals surface area contributed by atoms with E-state index >= 15 is 0 Å². The highest BCUT2D eigenvalue weighted by atomic mass is 127. The van der Waals surface area contributed by atoms with Gasteiger partial charge in [-0.25, -0.2) is 0 Å². The Morgan fingerprint density at radius 3 is 2.43 bits per heavy atom. The van der Waals surface area contributed by atoms with Crippen molar-refractivity contribution in [1.82, 2.24) is 20.4 Å². The Morgan fingerprint density at radius 1 is 1.11 bits per heavy atom. The van der Waals surface area contributed by atoms with E-state index in [0.29, 0.717) is 6.04 Å². The molecule has 0 atom stereocenters. The van der Waals surface area contributed by atoms with Gasteiger partial charge in [0, 0.05) is 44.8 Å². The van der Waals surface area contributed by atoms with Crippen molar-refractivity contribution in [1.29, 1.82) is 0 Å². The molecule has 28 heavy (non-hydrogen) atoms. The van der Waals surface area contributed by atoms with Crippen molar-refractivity contribution in [3.8, 4) is 0 Å². The summed E-state index contributed by atoms with van der Waals surface area (Å²) in [5.41, 5.74) is 1.41. The quantitative estimate of drug-likeness (QED) is 0.311. The highest BCUT2D eigenvalue weighted by molar-refractivity contribution is 14.0. The molecule has 0 bridgehead atoms. The molecule has 1 aromatic rings. The molecule has 158 valence electrons. The predicted octanol–water partition coefficient (Wildman–Crippen LogP) is 3.31. The Kier molecular flexibility index (Phi) is 10.6. The van der Waals surface area contributed by atoms with Crippen LogP contribution in [0.3, 0.4) is 0 Å². The lowest BCUT2D eigenvalue weighted by Crippen LogP contribution is -2.48. The molecule has 1 aromatic carbocycles. The van der Waals surface area contributed by atoms with Gasteiger partial charge in [-0.05, 0) is 44.7 Å². The van der Waals surface area contributed by atoms with Crippen molar-refractivity contribution < 1.29 is 0 Å². The third-order valence-electron chi connectivity index (χ3n) is 5.65. The Morgan fingerprint density at radius 2 is 1.82 bits per heavy atom. The largest absolute Gasteiger partial charge is 0.357 e. The molecule has 1 saturated carbocycles. The number of likely N-dealkylation sites (N-methyl/N-ethyl adjacent to an activating group) is 1. The number of benzene rings is 1. The van der Waals surface area contributed by atoms with E-state index in [1.54, 1.807) is 0 Å². The van der Waals surface area contributed by atoms with Crippen LogP contribution in [-0.2, 0) is 6.54 Å². The van der Waals surface area contributed by atoms with Gasteiger partial charge in [-0.15, -0.1) is 24.0 Å². The average Bonchev–Trinajstić information content (AvgIpc) is 3.53. The normalized spacial score (nSPS) is 18.8. The fraction of sp³-hybridized carbons (Fsp3) is 0.682. The summed E-state index contributed by atoms with van der Waals surface area (Å²) >= 11 is 0. The van der Waals surface area contributed by atoms with E-state index in [0.717, 1.165) is 57.8 Å². The number of hydrogen-bond donors (Lipinski definition) is 2. The number of hydrogen-bond acceptors (Lipinski definition) is 3. The van der Waals surface area contributed by atoms with Crippen LogP contribution in [0.4, 0.5) is 0 Å². The number of halogens is 1. The molecule has 0 amide bonds. The Labute approximate surface area is 188 Å². The second-order valence-electron chi connectivity index (χ2n) is 7.80.